The third-order valence-corrected chi connectivity index (χ3v) is 6.49. The van der Waals surface area contributed by atoms with Crippen LogP contribution in [-0.2, 0) is 17.8 Å². The minimum Gasteiger partial charge on any atom is -0.354 e. The zero-order valence-corrected chi connectivity index (χ0v) is 17.8. The van der Waals surface area contributed by atoms with E-state index in [-0.39, 0.29) is 17.6 Å². The van der Waals surface area contributed by atoms with Gasteiger partial charge in [0, 0.05) is 38.8 Å². The van der Waals surface area contributed by atoms with E-state index in [9.17, 15) is 9.18 Å². The zero-order valence-electron chi connectivity index (χ0n) is 17.8. The van der Waals surface area contributed by atoms with Crippen LogP contribution in [0, 0.1) is 11.7 Å². The lowest BCUT2D eigenvalue weighted by atomic mass is 9.96. The summed E-state index contributed by atoms with van der Waals surface area (Å²) in [6.07, 6.45) is 7.85. The topological polar surface area (TPSA) is 67.2 Å². The lowest BCUT2D eigenvalue weighted by molar-refractivity contribution is -0.122. The highest BCUT2D eigenvalue weighted by molar-refractivity contribution is 5.95. The highest BCUT2D eigenvalue weighted by Crippen LogP contribution is 2.30. The Kier molecular flexibility index (Phi) is 5.29. The number of rotatable bonds is 3. The molecular weight excluding hydrogens is 395 g/mol. The zero-order chi connectivity index (χ0) is 21.4. The normalized spacial score (nSPS) is 19.2. The number of carbonyl (C=O) groups excluding carboxylic acids is 1. The van der Waals surface area contributed by atoms with Crippen molar-refractivity contribution in [2.45, 2.75) is 45.1 Å². The molecule has 0 N–H and O–H groups in total. The molecule has 0 bridgehead atoms. The average molecular weight is 423 g/mol. The quantitative estimate of drug-likeness (QED) is 0.646. The molecule has 2 aromatic heterocycles. The van der Waals surface area contributed by atoms with Crippen molar-refractivity contribution in [2.24, 2.45) is 5.92 Å². The molecule has 0 spiro atoms. The van der Waals surface area contributed by atoms with Crippen LogP contribution in [0.25, 0.3) is 11.2 Å². The third-order valence-electron chi connectivity index (χ3n) is 6.49. The first-order valence-electron chi connectivity index (χ1n) is 11.1. The standard InChI is InChI=1S/C23H27FN6O/c1-28(18-10-8-17(24)9-11-18)23(31)16-6-5-12-29(14-16)21-20-22(26-15-25-21)30-13-4-2-3-7-19(30)27-20/h8-11,15-16H,2-7,12-14H2,1H3. The predicted molar refractivity (Wildman–Crippen MR) is 118 cm³/mol. The molecule has 0 saturated carbocycles. The molecule has 3 aromatic rings. The van der Waals surface area contributed by atoms with Crippen molar-refractivity contribution in [3.63, 3.8) is 0 Å². The summed E-state index contributed by atoms with van der Waals surface area (Å²) in [7, 11) is 1.75. The van der Waals surface area contributed by atoms with Crippen molar-refractivity contribution in [1.29, 1.82) is 0 Å². The first kappa shape index (κ1) is 19.9. The van der Waals surface area contributed by atoms with E-state index >= 15 is 0 Å². The number of hydrogen-bond acceptors (Lipinski definition) is 5. The summed E-state index contributed by atoms with van der Waals surface area (Å²) in [4.78, 5) is 31.0. The summed E-state index contributed by atoms with van der Waals surface area (Å²) in [5, 5.41) is 0. The summed E-state index contributed by atoms with van der Waals surface area (Å²) < 4.78 is 15.5. The molecule has 1 fully saturated rings. The Hall–Kier alpha value is -3.03. The van der Waals surface area contributed by atoms with Gasteiger partial charge in [-0.3, -0.25) is 4.79 Å². The van der Waals surface area contributed by atoms with Crippen molar-refractivity contribution >= 4 is 28.6 Å². The van der Waals surface area contributed by atoms with Crippen molar-refractivity contribution in [1.82, 2.24) is 19.5 Å². The molecule has 162 valence electrons. The SMILES string of the molecule is CN(C(=O)C1CCCN(c2ncnc3c2nc2n3CCCCC2)C1)c1ccc(F)cc1. The van der Waals surface area contributed by atoms with Gasteiger partial charge in [0.15, 0.2) is 17.0 Å². The van der Waals surface area contributed by atoms with E-state index in [1.807, 2.05) is 0 Å². The number of hydrogen-bond donors (Lipinski definition) is 0. The predicted octanol–water partition coefficient (Wildman–Crippen LogP) is 3.57. The number of piperidine rings is 1. The fourth-order valence-electron chi connectivity index (χ4n) is 4.79. The van der Waals surface area contributed by atoms with Crippen LogP contribution >= 0.6 is 0 Å². The molecule has 1 atom stereocenters. The monoisotopic (exact) mass is 422 g/mol. The van der Waals surface area contributed by atoms with Gasteiger partial charge >= 0.3 is 0 Å². The Labute approximate surface area is 180 Å². The Morgan fingerprint density at radius 1 is 1.10 bits per heavy atom. The molecule has 1 amide bonds. The lowest BCUT2D eigenvalue weighted by Gasteiger charge is -2.34. The van der Waals surface area contributed by atoms with Crippen LogP contribution in [0.5, 0.6) is 0 Å². The van der Waals surface area contributed by atoms with Crippen molar-refractivity contribution < 1.29 is 9.18 Å². The number of anilines is 2. The number of benzene rings is 1. The van der Waals surface area contributed by atoms with Gasteiger partial charge < -0.3 is 14.4 Å². The maximum absolute atomic E-state index is 13.3. The van der Waals surface area contributed by atoms with Crippen molar-refractivity contribution in [3.8, 4) is 0 Å². The third kappa shape index (κ3) is 3.75. The fourth-order valence-corrected chi connectivity index (χ4v) is 4.79. The number of amides is 1. The van der Waals surface area contributed by atoms with Gasteiger partial charge in [0.2, 0.25) is 5.91 Å². The molecule has 0 aliphatic carbocycles. The second kappa shape index (κ2) is 8.24. The van der Waals surface area contributed by atoms with E-state index < -0.39 is 0 Å². The molecule has 1 aromatic carbocycles. The van der Waals surface area contributed by atoms with Gasteiger partial charge in [-0.25, -0.2) is 19.3 Å². The molecule has 7 nitrogen and oxygen atoms in total. The van der Waals surface area contributed by atoms with Crippen molar-refractivity contribution in [3.05, 3.63) is 42.2 Å². The highest BCUT2D eigenvalue weighted by Gasteiger charge is 2.31. The van der Waals surface area contributed by atoms with E-state index in [4.69, 9.17) is 4.98 Å². The number of halogens is 1. The summed E-state index contributed by atoms with van der Waals surface area (Å²) in [6.45, 7) is 2.39. The Bertz CT molecular complexity index is 1100. The number of aryl methyl sites for hydroxylation is 2. The van der Waals surface area contributed by atoms with Crippen LogP contribution in [-0.4, -0.2) is 45.6 Å². The van der Waals surface area contributed by atoms with E-state index in [1.165, 1.54) is 18.6 Å². The average Bonchev–Trinajstić information content (AvgIpc) is 2.99. The van der Waals surface area contributed by atoms with Crippen molar-refractivity contribution in [2.75, 3.05) is 29.9 Å². The Morgan fingerprint density at radius 2 is 1.94 bits per heavy atom. The molecule has 1 saturated heterocycles. The van der Waals surface area contributed by atoms with E-state index in [2.05, 4.69) is 19.4 Å². The summed E-state index contributed by atoms with van der Waals surface area (Å²) in [6, 6.07) is 6.04. The molecule has 2 aliphatic rings. The van der Waals surface area contributed by atoms with E-state index in [0.29, 0.717) is 12.2 Å². The number of nitrogens with zero attached hydrogens (tertiary/aromatic N) is 6. The second-order valence-electron chi connectivity index (χ2n) is 8.52. The van der Waals surface area contributed by atoms with Crippen LogP contribution in [0.2, 0.25) is 0 Å². The summed E-state index contributed by atoms with van der Waals surface area (Å²) in [5.41, 5.74) is 2.45. The lowest BCUT2D eigenvalue weighted by Crippen LogP contribution is -2.44. The van der Waals surface area contributed by atoms with Gasteiger partial charge in [0.25, 0.3) is 0 Å². The molecule has 1 unspecified atom stereocenters. The Balaban J connectivity index is 1.40. The van der Waals surface area contributed by atoms with Gasteiger partial charge in [0.05, 0.1) is 5.92 Å². The molecule has 2 aliphatic heterocycles. The minimum atomic E-state index is -0.306. The van der Waals surface area contributed by atoms with Gasteiger partial charge in [-0.2, -0.15) is 0 Å². The fraction of sp³-hybridized carbons (Fsp3) is 0.478. The van der Waals surface area contributed by atoms with Gasteiger partial charge in [-0.15, -0.1) is 0 Å². The van der Waals surface area contributed by atoms with Crippen LogP contribution in [0.3, 0.4) is 0 Å². The smallest absolute Gasteiger partial charge is 0.231 e. The van der Waals surface area contributed by atoms with E-state index in [1.54, 1.807) is 30.4 Å². The minimum absolute atomic E-state index is 0.0437. The number of imidazole rings is 1. The van der Waals surface area contributed by atoms with Gasteiger partial charge in [-0.05, 0) is 49.9 Å². The first-order chi connectivity index (χ1) is 15.1. The largest absolute Gasteiger partial charge is 0.354 e. The van der Waals surface area contributed by atoms with Gasteiger partial charge in [0.1, 0.15) is 18.0 Å². The second-order valence-corrected chi connectivity index (χ2v) is 8.52. The van der Waals surface area contributed by atoms with E-state index in [0.717, 1.165) is 68.0 Å². The Morgan fingerprint density at radius 3 is 2.77 bits per heavy atom. The molecule has 4 heterocycles. The summed E-state index contributed by atoms with van der Waals surface area (Å²) >= 11 is 0. The van der Waals surface area contributed by atoms with Crippen LogP contribution in [0.1, 0.15) is 37.9 Å². The molecule has 8 heteroatoms. The van der Waals surface area contributed by atoms with Crippen LogP contribution < -0.4 is 9.80 Å². The number of aromatic nitrogens is 4. The maximum atomic E-state index is 13.3. The molecule has 31 heavy (non-hydrogen) atoms. The highest BCUT2D eigenvalue weighted by atomic mass is 19.1. The molecule has 0 radical (unpaired) electrons. The number of carbonyl (C=O) groups is 1. The van der Waals surface area contributed by atoms with Crippen LogP contribution in [0.4, 0.5) is 15.9 Å². The summed E-state index contributed by atoms with van der Waals surface area (Å²) in [5.74, 6) is 1.51. The van der Waals surface area contributed by atoms with Gasteiger partial charge in [-0.1, -0.05) is 6.42 Å². The maximum Gasteiger partial charge on any atom is 0.231 e. The number of fused-ring (bicyclic) bond motifs is 3. The van der Waals surface area contributed by atoms with Crippen LogP contribution in [0.15, 0.2) is 30.6 Å². The first-order valence-corrected chi connectivity index (χ1v) is 11.1. The molecule has 5 rings (SSSR count). The molecular formula is C23H27FN6O.